The summed E-state index contributed by atoms with van der Waals surface area (Å²) in [7, 11) is 0. The fourth-order valence-electron chi connectivity index (χ4n) is 4.04. The van der Waals surface area contributed by atoms with E-state index in [1.165, 1.54) is 0 Å². The highest BCUT2D eigenvalue weighted by Crippen LogP contribution is 2.52. The number of aryl methyl sites for hydroxylation is 1. The second-order valence-corrected chi connectivity index (χ2v) is 9.61. The molecule has 6 nitrogen and oxygen atoms in total. The van der Waals surface area contributed by atoms with Crippen molar-refractivity contribution < 1.29 is 14.2 Å². The van der Waals surface area contributed by atoms with Crippen LogP contribution in [0, 0.1) is 12.3 Å². The summed E-state index contributed by atoms with van der Waals surface area (Å²) in [5, 5.41) is 0. The van der Waals surface area contributed by atoms with Gasteiger partial charge in [0, 0.05) is 28.6 Å². The lowest BCUT2D eigenvalue weighted by molar-refractivity contribution is 0.197. The van der Waals surface area contributed by atoms with Gasteiger partial charge < -0.3 is 19.9 Å². The van der Waals surface area contributed by atoms with Crippen LogP contribution in [0.4, 0.5) is 0 Å². The van der Waals surface area contributed by atoms with Crippen LogP contribution >= 0.6 is 0 Å². The molecule has 6 heteroatoms. The fraction of sp³-hybridized carbons (Fsp3) is 0.308. The van der Waals surface area contributed by atoms with E-state index in [1.54, 1.807) is 0 Å². The maximum Gasteiger partial charge on any atom is 0.283 e. The first kappa shape index (κ1) is 20.4. The second-order valence-electron chi connectivity index (χ2n) is 9.61. The number of aromatic nitrogens is 1. The lowest BCUT2D eigenvalue weighted by atomic mass is 9.80. The minimum atomic E-state index is -0.789. The summed E-state index contributed by atoms with van der Waals surface area (Å²) < 4.78 is 18.0. The molecule has 1 aromatic heterocycles. The van der Waals surface area contributed by atoms with Gasteiger partial charge in [-0.1, -0.05) is 32.9 Å². The van der Waals surface area contributed by atoms with Crippen molar-refractivity contribution >= 4 is 6.02 Å². The van der Waals surface area contributed by atoms with Crippen LogP contribution in [-0.2, 0) is 10.3 Å². The average Bonchev–Trinajstić information content (AvgIpc) is 3.15. The molecule has 2 aromatic carbocycles. The fourth-order valence-corrected chi connectivity index (χ4v) is 4.04. The first-order valence-corrected chi connectivity index (χ1v) is 10.7. The molecular weight excluding hydrogens is 402 g/mol. The van der Waals surface area contributed by atoms with Gasteiger partial charge in [-0.2, -0.15) is 0 Å². The van der Waals surface area contributed by atoms with Crippen LogP contribution in [0.5, 0.6) is 17.2 Å². The molecule has 0 saturated heterocycles. The summed E-state index contributed by atoms with van der Waals surface area (Å²) in [5.41, 5.74) is 10.1. The lowest BCUT2D eigenvalue weighted by Crippen LogP contribution is -2.31. The van der Waals surface area contributed by atoms with E-state index in [2.05, 4.69) is 37.9 Å². The number of fused-ring (bicyclic) bond motifs is 4. The van der Waals surface area contributed by atoms with E-state index < -0.39 is 5.54 Å². The third-order valence-electron chi connectivity index (χ3n) is 5.69. The van der Waals surface area contributed by atoms with Crippen LogP contribution < -0.4 is 15.2 Å². The molecule has 0 amide bonds. The predicted octanol–water partition coefficient (Wildman–Crippen LogP) is 5.18. The Bertz CT molecular complexity index is 1210. The number of aliphatic imine (C=N–C) groups is 1. The molecular formula is C26H27N3O3. The molecule has 0 radical (unpaired) electrons. The zero-order valence-corrected chi connectivity index (χ0v) is 18.8. The Balaban J connectivity index is 1.62. The number of nitrogens with zero attached hydrogens (tertiary/aromatic N) is 2. The van der Waals surface area contributed by atoms with Crippen molar-refractivity contribution in [1.29, 1.82) is 0 Å². The largest absolute Gasteiger partial charge is 0.493 e. The Morgan fingerprint density at radius 1 is 1.00 bits per heavy atom. The molecule has 164 valence electrons. The van der Waals surface area contributed by atoms with Crippen LogP contribution in [0.2, 0.25) is 0 Å². The van der Waals surface area contributed by atoms with Gasteiger partial charge >= 0.3 is 0 Å². The SMILES string of the molecule is Cc1ccc(-c2ccc3c(c2)[C@@]2(COC(N)=N2)c2cc(OCC(C)(C)C)ccc2O3)cn1. The average molecular weight is 430 g/mol. The second kappa shape index (κ2) is 7.26. The van der Waals surface area contributed by atoms with Crippen molar-refractivity contribution in [1.82, 2.24) is 4.98 Å². The van der Waals surface area contributed by atoms with E-state index in [-0.39, 0.29) is 11.4 Å². The minimum Gasteiger partial charge on any atom is -0.493 e. The van der Waals surface area contributed by atoms with E-state index in [4.69, 9.17) is 24.9 Å². The van der Waals surface area contributed by atoms with Crippen molar-refractivity contribution in [3.63, 3.8) is 0 Å². The molecule has 5 rings (SSSR count). The minimum absolute atomic E-state index is 0.0483. The van der Waals surface area contributed by atoms with Gasteiger partial charge in [0.15, 0.2) is 5.54 Å². The molecule has 3 aromatic rings. The summed E-state index contributed by atoms with van der Waals surface area (Å²) in [6.45, 7) is 9.31. The van der Waals surface area contributed by atoms with Crippen LogP contribution in [0.25, 0.3) is 11.1 Å². The number of nitrogens with two attached hydrogens (primary N) is 1. The molecule has 2 N–H and O–H groups in total. The van der Waals surface area contributed by atoms with Crippen LogP contribution in [-0.4, -0.2) is 24.2 Å². The zero-order chi connectivity index (χ0) is 22.5. The van der Waals surface area contributed by atoms with Gasteiger partial charge in [0.25, 0.3) is 6.02 Å². The molecule has 0 saturated carbocycles. The smallest absolute Gasteiger partial charge is 0.283 e. The number of hydrogen-bond acceptors (Lipinski definition) is 6. The Morgan fingerprint density at radius 2 is 1.72 bits per heavy atom. The Morgan fingerprint density at radius 3 is 2.38 bits per heavy atom. The van der Waals surface area contributed by atoms with Crippen LogP contribution in [0.1, 0.15) is 37.6 Å². The molecule has 0 fully saturated rings. The van der Waals surface area contributed by atoms with Crippen LogP contribution in [0.15, 0.2) is 59.7 Å². The van der Waals surface area contributed by atoms with E-state index in [9.17, 15) is 0 Å². The lowest BCUT2D eigenvalue weighted by Gasteiger charge is -2.34. The highest BCUT2D eigenvalue weighted by molar-refractivity contribution is 5.78. The van der Waals surface area contributed by atoms with Gasteiger partial charge in [0.1, 0.15) is 23.9 Å². The molecule has 0 unspecified atom stereocenters. The van der Waals surface area contributed by atoms with E-state index in [0.29, 0.717) is 13.2 Å². The molecule has 0 aliphatic carbocycles. The van der Waals surface area contributed by atoms with Crippen LogP contribution in [0.3, 0.4) is 0 Å². The number of ether oxygens (including phenoxy) is 3. The molecule has 32 heavy (non-hydrogen) atoms. The highest BCUT2D eigenvalue weighted by Gasteiger charge is 2.47. The van der Waals surface area contributed by atoms with Gasteiger partial charge in [-0.3, -0.25) is 4.98 Å². The van der Waals surface area contributed by atoms with Crippen molar-refractivity contribution in [2.45, 2.75) is 33.2 Å². The van der Waals surface area contributed by atoms with E-state index in [1.807, 2.05) is 49.5 Å². The van der Waals surface area contributed by atoms with Crippen molar-refractivity contribution in [2.24, 2.45) is 16.1 Å². The molecule has 0 bridgehead atoms. The van der Waals surface area contributed by atoms with Gasteiger partial charge in [0.05, 0.1) is 6.61 Å². The van der Waals surface area contributed by atoms with E-state index >= 15 is 0 Å². The third-order valence-corrected chi connectivity index (χ3v) is 5.69. The van der Waals surface area contributed by atoms with Crippen molar-refractivity contribution in [2.75, 3.05) is 13.2 Å². The zero-order valence-electron chi connectivity index (χ0n) is 18.8. The first-order chi connectivity index (χ1) is 15.2. The van der Waals surface area contributed by atoms with Crippen molar-refractivity contribution in [3.8, 4) is 28.4 Å². The number of pyridine rings is 1. The van der Waals surface area contributed by atoms with Gasteiger partial charge in [-0.25, -0.2) is 4.99 Å². The molecule has 2 aliphatic rings. The molecule has 1 spiro atoms. The van der Waals surface area contributed by atoms with Gasteiger partial charge in [-0.15, -0.1) is 0 Å². The van der Waals surface area contributed by atoms with Crippen molar-refractivity contribution in [3.05, 3.63) is 71.5 Å². The summed E-state index contributed by atoms with van der Waals surface area (Å²) >= 11 is 0. The number of rotatable bonds is 3. The molecule has 3 heterocycles. The topological polar surface area (TPSA) is 79.0 Å². The normalized spacial score (nSPS) is 18.9. The summed E-state index contributed by atoms with van der Waals surface area (Å²) in [6, 6.07) is 16.2. The van der Waals surface area contributed by atoms with E-state index in [0.717, 1.165) is 45.2 Å². The Labute approximate surface area is 188 Å². The van der Waals surface area contributed by atoms with Gasteiger partial charge in [-0.05, 0) is 54.3 Å². The summed E-state index contributed by atoms with van der Waals surface area (Å²) in [4.78, 5) is 9.22. The third kappa shape index (κ3) is 3.55. The number of amidine groups is 1. The maximum absolute atomic E-state index is 6.27. The Kier molecular flexibility index (Phi) is 4.62. The molecule has 1 atom stereocenters. The Hall–Kier alpha value is -3.54. The monoisotopic (exact) mass is 429 g/mol. The molecule has 2 aliphatic heterocycles. The first-order valence-electron chi connectivity index (χ1n) is 10.7. The standard InChI is InChI=1S/C26H27N3O3/c1-16-5-6-18(13-28-16)17-7-9-22-20(11-17)26(15-31-24(27)29-26)21-12-19(8-10-23(21)32-22)30-14-25(2,3)4/h5-13H,14-15H2,1-4H3,(H2,27,29)/t26-/m0/s1. The quantitative estimate of drug-likeness (QED) is 0.621. The predicted molar refractivity (Wildman–Crippen MR) is 124 cm³/mol. The van der Waals surface area contributed by atoms with Gasteiger partial charge in [0.2, 0.25) is 0 Å². The summed E-state index contributed by atoms with van der Waals surface area (Å²) in [5.74, 6) is 2.24. The summed E-state index contributed by atoms with van der Waals surface area (Å²) in [6.07, 6.45) is 1.88. The number of benzene rings is 2. The highest BCUT2D eigenvalue weighted by atomic mass is 16.5. The maximum atomic E-state index is 6.27. The number of hydrogen-bond donors (Lipinski definition) is 1.